The molecule has 6 nitrogen and oxygen atoms in total. The predicted octanol–water partition coefficient (Wildman–Crippen LogP) is 1.89. The molecule has 0 bridgehead atoms. The first kappa shape index (κ1) is 16.5. The molecule has 1 aromatic heterocycles. The van der Waals surface area contributed by atoms with Gasteiger partial charge in [-0.25, -0.2) is 0 Å². The minimum Gasteiger partial charge on any atom is -0.464 e. The number of carbonyl (C=O) groups excluding carboxylic acids is 3. The van der Waals surface area contributed by atoms with E-state index in [1.165, 1.54) is 4.90 Å². The second-order valence-electron chi connectivity index (χ2n) is 6.50. The Hall–Kier alpha value is -2.37. The molecule has 0 unspecified atom stereocenters. The first-order chi connectivity index (χ1) is 11.5. The van der Waals surface area contributed by atoms with Crippen molar-refractivity contribution < 1.29 is 18.8 Å². The smallest absolute Gasteiger partial charge is 0.233 e. The zero-order valence-corrected chi connectivity index (χ0v) is 14.0. The van der Waals surface area contributed by atoms with E-state index in [1.807, 2.05) is 31.2 Å². The Morgan fingerprint density at radius 3 is 2.38 bits per heavy atom. The molecule has 1 aliphatic heterocycles. The Bertz CT molecular complexity index is 665. The Balaban J connectivity index is 1.54. The predicted molar refractivity (Wildman–Crippen MR) is 86.6 cm³/mol. The number of rotatable bonds is 5. The van der Waals surface area contributed by atoms with Gasteiger partial charge in [-0.2, -0.15) is 0 Å². The highest BCUT2D eigenvalue weighted by atomic mass is 16.3. The summed E-state index contributed by atoms with van der Waals surface area (Å²) in [5.41, 5.74) is 0. The summed E-state index contributed by atoms with van der Waals surface area (Å²) in [5, 5.41) is 0. The number of fused-ring (bicyclic) bond motifs is 1. The van der Waals surface area contributed by atoms with Crippen molar-refractivity contribution in [2.24, 2.45) is 11.8 Å². The van der Waals surface area contributed by atoms with Crippen LogP contribution in [0.2, 0.25) is 0 Å². The summed E-state index contributed by atoms with van der Waals surface area (Å²) < 4.78 is 5.46. The number of hydrogen-bond donors (Lipinski definition) is 0. The van der Waals surface area contributed by atoms with Crippen LogP contribution in [-0.2, 0) is 20.9 Å². The highest BCUT2D eigenvalue weighted by Crippen LogP contribution is 2.35. The van der Waals surface area contributed by atoms with Crippen LogP contribution >= 0.6 is 0 Å². The monoisotopic (exact) mass is 330 g/mol. The molecular weight excluding hydrogens is 308 g/mol. The van der Waals surface area contributed by atoms with Crippen molar-refractivity contribution in [1.29, 1.82) is 0 Å². The second-order valence-corrected chi connectivity index (χ2v) is 6.50. The molecule has 1 aliphatic carbocycles. The van der Waals surface area contributed by atoms with Crippen LogP contribution in [0.25, 0.3) is 0 Å². The first-order valence-electron chi connectivity index (χ1n) is 8.27. The quantitative estimate of drug-likeness (QED) is 0.610. The van der Waals surface area contributed by atoms with E-state index in [9.17, 15) is 14.4 Å². The van der Waals surface area contributed by atoms with Crippen LogP contribution in [0.1, 0.15) is 30.8 Å². The molecule has 1 fully saturated rings. The summed E-state index contributed by atoms with van der Waals surface area (Å²) in [6.45, 7) is 2.39. The molecule has 1 saturated heterocycles. The highest BCUT2D eigenvalue weighted by molar-refractivity contribution is 6.05. The first-order valence-corrected chi connectivity index (χ1v) is 8.27. The van der Waals surface area contributed by atoms with Crippen LogP contribution in [0.5, 0.6) is 0 Å². The van der Waals surface area contributed by atoms with E-state index in [-0.39, 0.29) is 42.5 Å². The van der Waals surface area contributed by atoms with Crippen molar-refractivity contribution in [3.05, 3.63) is 35.8 Å². The summed E-state index contributed by atoms with van der Waals surface area (Å²) >= 11 is 0. The summed E-state index contributed by atoms with van der Waals surface area (Å²) in [4.78, 5) is 39.8. The van der Waals surface area contributed by atoms with E-state index in [0.29, 0.717) is 25.1 Å². The van der Waals surface area contributed by atoms with E-state index >= 15 is 0 Å². The van der Waals surface area contributed by atoms with Gasteiger partial charge in [-0.05, 0) is 31.9 Å². The van der Waals surface area contributed by atoms with E-state index in [1.54, 1.807) is 11.9 Å². The molecule has 128 valence electrons. The topological polar surface area (TPSA) is 70.8 Å². The maximum atomic E-state index is 12.4. The largest absolute Gasteiger partial charge is 0.464 e. The standard InChI is InChI=1S/C18H22N2O4/c1-12-7-8-13(24-12)11-19(2)16(21)9-10-20-17(22)14-5-3-4-6-15(14)18(20)23/h3-4,7-8,14-15H,5-6,9-11H2,1-2H3/t14-,15+. The lowest BCUT2D eigenvalue weighted by molar-refractivity contribution is -0.140. The summed E-state index contributed by atoms with van der Waals surface area (Å²) in [6.07, 6.45) is 5.30. The van der Waals surface area contributed by atoms with E-state index in [0.717, 1.165) is 5.76 Å². The SMILES string of the molecule is Cc1ccc(CN(C)C(=O)CCN2C(=O)[C@H]3CC=CC[C@H]3C2=O)o1. The molecule has 6 heteroatoms. The summed E-state index contributed by atoms with van der Waals surface area (Å²) in [6, 6.07) is 3.69. The third kappa shape index (κ3) is 3.13. The van der Waals surface area contributed by atoms with E-state index < -0.39 is 0 Å². The van der Waals surface area contributed by atoms with Crippen LogP contribution in [0.4, 0.5) is 0 Å². The van der Waals surface area contributed by atoms with Crippen molar-refractivity contribution in [2.45, 2.75) is 32.7 Å². The summed E-state index contributed by atoms with van der Waals surface area (Å²) in [5.74, 6) is 0.669. The highest BCUT2D eigenvalue weighted by Gasteiger charge is 2.46. The van der Waals surface area contributed by atoms with Gasteiger partial charge in [0.25, 0.3) is 0 Å². The lowest BCUT2D eigenvalue weighted by Crippen LogP contribution is -2.36. The normalized spacial score (nSPS) is 22.8. The zero-order valence-electron chi connectivity index (χ0n) is 14.0. The molecule has 2 aliphatic rings. The van der Waals surface area contributed by atoms with Crippen LogP contribution in [0, 0.1) is 18.8 Å². The zero-order chi connectivity index (χ0) is 17.3. The van der Waals surface area contributed by atoms with E-state index in [2.05, 4.69) is 0 Å². The number of allylic oxidation sites excluding steroid dienone is 2. The van der Waals surface area contributed by atoms with Crippen LogP contribution in [0.15, 0.2) is 28.7 Å². The molecule has 3 rings (SSSR count). The van der Waals surface area contributed by atoms with Crippen molar-refractivity contribution >= 4 is 17.7 Å². The lowest BCUT2D eigenvalue weighted by atomic mass is 9.85. The minimum absolute atomic E-state index is 0.113. The maximum Gasteiger partial charge on any atom is 0.233 e. The molecular formula is C18H22N2O4. The molecule has 24 heavy (non-hydrogen) atoms. The van der Waals surface area contributed by atoms with Gasteiger partial charge < -0.3 is 9.32 Å². The molecule has 0 radical (unpaired) electrons. The molecule has 2 heterocycles. The van der Waals surface area contributed by atoms with Gasteiger partial charge in [0, 0.05) is 20.0 Å². The molecule has 0 N–H and O–H groups in total. The number of hydrogen-bond acceptors (Lipinski definition) is 4. The average Bonchev–Trinajstić information content (AvgIpc) is 3.08. The Labute approximate surface area is 141 Å². The van der Waals surface area contributed by atoms with Gasteiger partial charge in [0.2, 0.25) is 17.7 Å². The number of furan rings is 1. The van der Waals surface area contributed by atoms with Crippen LogP contribution < -0.4 is 0 Å². The van der Waals surface area contributed by atoms with Gasteiger partial charge in [0.15, 0.2) is 0 Å². The fraction of sp³-hybridized carbons (Fsp3) is 0.500. The molecule has 0 aromatic carbocycles. The molecule has 2 atom stereocenters. The molecule has 3 amide bonds. The fourth-order valence-electron chi connectivity index (χ4n) is 3.38. The maximum absolute atomic E-state index is 12.4. The van der Waals surface area contributed by atoms with Crippen molar-refractivity contribution in [2.75, 3.05) is 13.6 Å². The Morgan fingerprint density at radius 1 is 1.21 bits per heavy atom. The average molecular weight is 330 g/mol. The fourth-order valence-corrected chi connectivity index (χ4v) is 3.38. The number of nitrogens with zero attached hydrogens (tertiary/aromatic N) is 2. The molecule has 1 aromatic rings. The van der Waals surface area contributed by atoms with Gasteiger partial charge >= 0.3 is 0 Å². The number of carbonyl (C=O) groups is 3. The second kappa shape index (κ2) is 6.63. The van der Waals surface area contributed by atoms with Crippen molar-refractivity contribution in [3.8, 4) is 0 Å². The third-order valence-electron chi connectivity index (χ3n) is 4.76. The van der Waals surface area contributed by atoms with Gasteiger partial charge in [-0.1, -0.05) is 12.2 Å². The number of amides is 3. The number of imide groups is 1. The van der Waals surface area contributed by atoms with Gasteiger partial charge in [0.1, 0.15) is 11.5 Å². The van der Waals surface area contributed by atoms with Crippen molar-refractivity contribution in [1.82, 2.24) is 9.80 Å². The van der Waals surface area contributed by atoms with Gasteiger partial charge in [0.05, 0.1) is 18.4 Å². The third-order valence-corrected chi connectivity index (χ3v) is 4.76. The molecule has 0 saturated carbocycles. The Morgan fingerprint density at radius 2 is 1.83 bits per heavy atom. The Kier molecular flexibility index (Phi) is 4.55. The minimum atomic E-state index is -0.235. The van der Waals surface area contributed by atoms with E-state index in [4.69, 9.17) is 4.42 Å². The number of aryl methyl sites for hydroxylation is 1. The van der Waals surface area contributed by atoms with Gasteiger partial charge in [-0.3, -0.25) is 19.3 Å². The lowest BCUT2D eigenvalue weighted by Gasteiger charge is -2.19. The summed E-state index contributed by atoms with van der Waals surface area (Å²) in [7, 11) is 1.69. The number of likely N-dealkylation sites (tertiary alicyclic amines) is 1. The van der Waals surface area contributed by atoms with Crippen LogP contribution in [0.3, 0.4) is 0 Å². The van der Waals surface area contributed by atoms with Crippen LogP contribution in [-0.4, -0.2) is 41.1 Å². The molecule has 0 spiro atoms. The van der Waals surface area contributed by atoms with Crippen molar-refractivity contribution in [3.63, 3.8) is 0 Å². The van der Waals surface area contributed by atoms with Gasteiger partial charge in [-0.15, -0.1) is 0 Å².